The van der Waals surface area contributed by atoms with Crippen molar-refractivity contribution in [2.24, 2.45) is 5.92 Å². The van der Waals surface area contributed by atoms with Gasteiger partial charge in [-0.25, -0.2) is 0 Å². The summed E-state index contributed by atoms with van der Waals surface area (Å²) in [5, 5.41) is 0. The molecule has 1 saturated heterocycles. The molecular formula is C14H18INO. The van der Waals surface area contributed by atoms with Crippen LogP contribution < -0.4 is 0 Å². The highest BCUT2D eigenvalue weighted by atomic mass is 127. The van der Waals surface area contributed by atoms with Crippen LogP contribution in [-0.4, -0.2) is 24.3 Å². The van der Waals surface area contributed by atoms with Crippen molar-refractivity contribution < 1.29 is 4.79 Å². The third-order valence-corrected chi connectivity index (χ3v) is 4.98. The summed E-state index contributed by atoms with van der Waals surface area (Å²) in [5.41, 5.74) is 1.38. The predicted molar refractivity (Wildman–Crippen MR) is 78.2 cm³/mol. The summed E-state index contributed by atoms with van der Waals surface area (Å²) in [6.45, 7) is 2.22. The lowest BCUT2D eigenvalue weighted by molar-refractivity contribution is -0.108. The van der Waals surface area contributed by atoms with Crippen molar-refractivity contribution in [1.29, 1.82) is 0 Å². The Morgan fingerprint density at radius 2 is 1.94 bits per heavy atom. The van der Waals surface area contributed by atoms with Gasteiger partial charge in [0.2, 0.25) is 0 Å². The third-order valence-electron chi connectivity index (χ3n) is 3.47. The molecular weight excluding hydrogens is 325 g/mol. The van der Waals surface area contributed by atoms with Gasteiger partial charge in [0.1, 0.15) is 6.29 Å². The lowest BCUT2D eigenvalue weighted by atomic mass is 9.94. The Hall–Kier alpha value is -0.420. The number of hydrogen-bond acceptors (Lipinski definition) is 2. The first kappa shape index (κ1) is 13.0. The summed E-state index contributed by atoms with van der Waals surface area (Å²) in [6.07, 6.45) is 4.13. The van der Waals surface area contributed by atoms with Crippen molar-refractivity contribution in [2.75, 3.05) is 13.1 Å². The molecule has 0 N–H and O–H groups in total. The first-order valence-electron chi connectivity index (χ1n) is 6.18. The Morgan fingerprint density at radius 3 is 2.53 bits per heavy atom. The molecule has 3 heteroatoms. The molecule has 1 aliphatic rings. The zero-order valence-electron chi connectivity index (χ0n) is 9.89. The first-order chi connectivity index (χ1) is 8.31. The second-order valence-corrected chi connectivity index (χ2v) is 5.81. The second-order valence-electron chi connectivity index (χ2n) is 4.63. The first-order valence-corrected chi connectivity index (χ1v) is 7.42. The molecule has 0 saturated carbocycles. The van der Waals surface area contributed by atoms with Crippen LogP contribution in [0.1, 0.15) is 28.9 Å². The van der Waals surface area contributed by atoms with Gasteiger partial charge in [-0.3, -0.25) is 4.90 Å². The maximum atomic E-state index is 10.5. The molecule has 1 heterocycles. The lowest BCUT2D eigenvalue weighted by Gasteiger charge is -2.34. The van der Waals surface area contributed by atoms with E-state index in [0.29, 0.717) is 9.97 Å². The quantitative estimate of drug-likeness (QED) is 0.361. The van der Waals surface area contributed by atoms with Gasteiger partial charge in [0.05, 0.1) is 4.05 Å². The van der Waals surface area contributed by atoms with Gasteiger partial charge < -0.3 is 4.79 Å². The van der Waals surface area contributed by atoms with Crippen molar-refractivity contribution in [2.45, 2.75) is 23.3 Å². The number of likely N-dealkylation sites (tertiary alicyclic amines) is 1. The van der Waals surface area contributed by atoms with Crippen LogP contribution >= 0.6 is 22.6 Å². The number of aldehydes is 1. The van der Waals surface area contributed by atoms with E-state index >= 15 is 0 Å². The van der Waals surface area contributed by atoms with E-state index in [1.165, 1.54) is 5.56 Å². The summed E-state index contributed by atoms with van der Waals surface area (Å²) < 4.78 is 0.464. The van der Waals surface area contributed by atoms with Gasteiger partial charge in [-0.2, -0.15) is 0 Å². The van der Waals surface area contributed by atoms with E-state index in [-0.39, 0.29) is 0 Å². The van der Waals surface area contributed by atoms with E-state index in [1.54, 1.807) is 0 Å². The molecule has 1 unspecified atom stereocenters. The van der Waals surface area contributed by atoms with Crippen molar-refractivity contribution in [1.82, 2.24) is 4.90 Å². The highest BCUT2D eigenvalue weighted by molar-refractivity contribution is 14.1. The fraction of sp³-hybridized carbons (Fsp3) is 0.500. The molecule has 0 aromatic heterocycles. The summed E-state index contributed by atoms with van der Waals surface area (Å²) in [6, 6.07) is 10.6. The summed E-state index contributed by atoms with van der Waals surface area (Å²) >= 11 is 2.51. The number of benzene rings is 1. The maximum Gasteiger partial charge on any atom is 0.120 e. The molecule has 2 rings (SSSR count). The van der Waals surface area contributed by atoms with Crippen LogP contribution in [0.3, 0.4) is 0 Å². The molecule has 0 radical (unpaired) electrons. The standard InChI is InChI=1S/C14H18INO/c15-14(13-4-2-1-3-5-13)16-9-6-12(7-10-16)8-11-17/h1-5,11-12,14H,6-10H2. The topological polar surface area (TPSA) is 20.3 Å². The summed E-state index contributed by atoms with van der Waals surface area (Å²) in [4.78, 5) is 13.0. The third kappa shape index (κ3) is 3.52. The molecule has 1 aromatic carbocycles. The van der Waals surface area contributed by atoms with Crippen molar-refractivity contribution in [3.63, 3.8) is 0 Å². The summed E-state index contributed by atoms with van der Waals surface area (Å²) in [5.74, 6) is 0.614. The molecule has 92 valence electrons. The molecule has 2 nitrogen and oxygen atoms in total. The number of hydrogen-bond donors (Lipinski definition) is 0. The van der Waals surface area contributed by atoms with Gasteiger partial charge >= 0.3 is 0 Å². The second kappa shape index (κ2) is 6.50. The molecule has 17 heavy (non-hydrogen) atoms. The van der Waals surface area contributed by atoms with Crippen molar-refractivity contribution in [3.8, 4) is 0 Å². The molecule has 1 atom stereocenters. The highest BCUT2D eigenvalue weighted by Gasteiger charge is 2.23. The fourth-order valence-corrected chi connectivity index (χ4v) is 3.35. The molecule has 0 bridgehead atoms. The normalized spacial score (nSPS) is 20.1. The smallest absolute Gasteiger partial charge is 0.120 e. The highest BCUT2D eigenvalue weighted by Crippen LogP contribution is 2.32. The van der Waals surface area contributed by atoms with Crippen LogP contribution in [0, 0.1) is 5.92 Å². The largest absolute Gasteiger partial charge is 0.303 e. The number of carbonyl (C=O) groups excluding carboxylic acids is 1. The van der Waals surface area contributed by atoms with Crippen LogP contribution in [0.4, 0.5) is 0 Å². The van der Waals surface area contributed by atoms with Crippen LogP contribution in [-0.2, 0) is 4.79 Å². The molecule has 0 spiro atoms. The number of piperidine rings is 1. The lowest BCUT2D eigenvalue weighted by Crippen LogP contribution is -2.34. The average molecular weight is 343 g/mol. The van der Waals surface area contributed by atoms with Crippen LogP contribution in [0.25, 0.3) is 0 Å². The molecule has 0 aliphatic carbocycles. The minimum atomic E-state index is 0.464. The Morgan fingerprint density at radius 1 is 1.29 bits per heavy atom. The Balaban J connectivity index is 1.90. The SMILES string of the molecule is O=CCC1CCN(C(I)c2ccccc2)CC1. The van der Waals surface area contributed by atoms with E-state index in [9.17, 15) is 4.79 Å². The number of carbonyl (C=O) groups is 1. The van der Waals surface area contributed by atoms with Crippen LogP contribution in [0.15, 0.2) is 30.3 Å². The van der Waals surface area contributed by atoms with Gasteiger partial charge in [-0.05, 0) is 37.4 Å². The summed E-state index contributed by atoms with van der Waals surface area (Å²) in [7, 11) is 0. The molecule has 0 amide bonds. The Labute approximate surface area is 117 Å². The Kier molecular flexibility index (Phi) is 4.98. The monoisotopic (exact) mass is 343 g/mol. The van der Waals surface area contributed by atoms with Gasteiger partial charge in [0.25, 0.3) is 0 Å². The zero-order chi connectivity index (χ0) is 12.1. The van der Waals surface area contributed by atoms with Crippen LogP contribution in [0.2, 0.25) is 0 Å². The predicted octanol–water partition coefficient (Wildman–Crippen LogP) is 3.42. The number of rotatable bonds is 4. The van der Waals surface area contributed by atoms with Gasteiger partial charge in [-0.1, -0.05) is 52.9 Å². The maximum absolute atomic E-state index is 10.5. The van der Waals surface area contributed by atoms with Gasteiger partial charge in [-0.15, -0.1) is 0 Å². The van der Waals surface area contributed by atoms with Crippen molar-refractivity contribution in [3.05, 3.63) is 35.9 Å². The van der Waals surface area contributed by atoms with E-state index in [1.807, 2.05) is 0 Å². The Bertz CT molecular complexity index is 346. The zero-order valence-corrected chi connectivity index (χ0v) is 12.0. The fourth-order valence-electron chi connectivity index (χ4n) is 2.37. The van der Waals surface area contributed by atoms with Crippen molar-refractivity contribution >= 4 is 28.9 Å². The van der Waals surface area contributed by atoms with Gasteiger partial charge in [0.15, 0.2) is 0 Å². The molecule has 1 aromatic rings. The van der Waals surface area contributed by atoms with E-state index < -0.39 is 0 Å². The number of halogens is 1. The van der Waals surface area contributed by atoms with Crippen LogP contribution in [0.5, 0.6) is 0 Å². The van der Waals surface area contributed by atoms with E-state index in [2.05, 4.69) is 57.8 Å². The van der Waals surface area contributed by atoms with E-state index in [0.717, 1.165) is 38.6 Å². The average Bonchev–Trinajstić information content (AvgIpc) is 2.40. The number of nitrogens with zero attached hydrogens (tertiary/aromatic N) is 1. The minimum Gasteiger partial charge on any atom is -0.303 e. The minimum absolute atomic E-state index is 0.464. The van der Waals surface area contributed by atoms with Gasteiger partial charge in [0, 0.05) is 6.42 Å². The molecule has 1 fully saturated rings. The van der Waals surface area contributed by atoms with E-state index in [4.69, 9.17) is 0 Å². The molecule has 1 aliphatic heterocycles. The number of alkyl halides is 1.